The summed E-state index contributed by atoms with van der Waals surface area (Å²) in [5, 5.41) is 0.0412. The van der Waals surface area contributed by atoms with E-state index < -0.39 is 5.82 Å². The van der Waals surface area contributed by atoms with Crippen molar-refractivity contribution in [2.75, 3.05) is 17.2 Å². The second-order valence-corrected chi connectivity index (χ2v) is 6.59. The van der Waals surface area contributed by atoms with Gasteiger partial charge in [0.05, 0.1) is 5.69 Å². The topological polar surface area (TPSA) is 37.4 Å². The third kappa shape index (κ3) is 3.57. The Morgan fingerprint density at radius 2 is 2.32 bits per heavy atom. The molecule has 1 aliphatic rings. The van der Waals surface area contributed by atoms with Crippen LogP contribution in [-0.2, 0) is 9.59 Å². The SMILES string of the molecule is CC(=O)SCC1CC(=O)N(c2cc(Br)ccc2F)C1. The second-order valence-electron chi connectivity index (χ2n) is 4.47. The molecule has 6 heteroatoms. The van der Waals surface area contributed by atoms with Gasteiger partial charge >= 0.3 is 0 Å². The Labute approximate surface area is 123 Å². The summed E-state index contributed by atoms with van der Waals surface area (Å²) in [5.41, 5.74) is 0.301. The highest BCUT2D eigenvalue weighted by Gasteiger charge is 2.32. The van der Waals surface area contributed by atoms with E-state index in [9.17, 15) is 14.0 Å². The molecule has 0 bridgehead atoms. The van der Waals surface area contributed by atoms with Gasteiger partial charge in [-0.3, -0.25) is 9.59 Å². The number of rotatable bonds is 3. The Morgan fingerprint density at radius 3 is 3.00 bits per heavy atom. The molecule has 1 unspecified atom stereocenters. The minimum atomic E-state index is -0.406. The van der Waals surface area contributed by atoms with Crippen molar-refractivity contribution >= 4 is 44.4 Å². The van der Waals surface area contributed by atoms with Crippen LogP contribution in [0.4, 0.5) is 10.1 Å². The van der Waals surface area contributed by atoms with Crippen molar-refractivity contribution in [3.63, 3.8) is 0 Å². The molecule has 3 nitrogen and oxygen atoms in total. The molecule has 1 atom stereocenters. The van der Waals surface area contributed by atoms with E-state index in [-0.39, 0.29) is 16.9 Å². The van der Waals surface area contributed by atoms with E-state index in [2.05, 4.69) is 15.9 Å². The van der Waals surface area contributed by atoms with Gasteiger partial charge in [0, 0.05) is 30.1 Å². The van der Waals surface area contributed by atoms with E-state index in [0.29, 0.717) is 24.4 Å². The number of hydrogen-bond acceptors (Lipinski definition) is 3. The molecule has 0 spiro atoms. The largest absolute Gasteiger partial charge is 0.309 e. The molecule has 1 heterocycles. The number of anilines is 1. The number of carbonyl (C=O) groups excluding carboxylic acids is 2. The molecular weight excluding hydrogens is 333 g/mol. The molecule has 0 radical (unpaired) electrons. The molecular formula is C13H13BrFNO2S. The van der Waals surface area contributed by atoms with Crippen LogP contribution in [0.2, 0.25) is 0 Å². The summed E-state index contributed by atoms with van der Waals surface area (Å²) in [5.74, 6) is 0.204. The van der Waals surface area contributed by atoms with E-state index in [1.165, 1.54) is 29.7 Å². The third-order valence-electron chi connectivity index (χ3n) is 2.93. The van der Waals surface area contributed by atoms with Crippen LogP contribution in [0.1, 0.15) is 13.3 Å². The zero-order valence-corrected chi connectivity index (χ0v) is 12.8. The maximum atomic E-state index is 13.8. The molecule has 1 aromatic carbocycles. The predicted octanol–water partition coefficient (Wildman–Crippen LogP) is 3.22. The van der Waals surface area contributed by atoms with Crippen LogP contribution in [0.25, 0.3) is 0 Å². The first-order valence-electron chi connectivity index (χ1n) is 5.86. The van der Waals surface area contributed by atoms with Gasteiger partial charge in [0.2, 0.25) is 5.91 Å². The van der Waals surface area contributed by atoms with Gasteiger partial charge in [0.25, 0.3) is 0 Å². The molecule has 1 amide bonds. The number of nitrogens with zero attached hydrogens (tertiary/aromatic N) is 1. The van der Waals surface area contributed by atoms with Crippen LogP contribution >= 0.6 is 27.7 Å². The Balaban J connectivity index is 2.11. The maximum Gasteiger partial charge on any atom is 0.227 e. The lowest BCUT2D eigenvalue weighted by atomic mass is 10.1. The maximum absolute atomic E-state index is 13.8. The first-order chi connectivity index (χ1) is 8.97. The van der Waals surface area contributed by atoms with Crippen molar-refractivity contribution in [1.82, 2.24) is 0 Å². The highest BCUT2D eigenvalue weighted by Crippen LogP contribution is 2.31. The number of benzene rings is 1. The van der Waals surface area contributed by atoms with Crippen molar-refractivity contribution in [3.05, 3.63) is 28.5 Å². The van der Waals surface area contributed by atoms with Gasteiger partial charge in [-0.15, -0.1) is 0 Å². The molecule has 0 aromatic heterocycles. The smallest absolute Gasteiger partial charge is 0.227 e. The fraction of sp³-hybridized carbons (Fsp3) is 0.385. The van der Waals surface area contributed by atoms with E-state index >= 15 is 0 Å². The van der Waals surface area contributed by atoms with Crippen LogP contribution in [-0.4, -0.2) is 23.3 Å². The van der Waals surface area contributed by atoms with Crippen molar-refractivity contribution in [3.8, 4) is 0 Å². The highest BCUT2D eigenvalue weighted by molar-refractivity contribution is 9.10. The number of halogens is 2. The molecule has 1 fully saturated rings. The van der Waals surface area contributed by atoms with Crippen LogP contribution in [0.15, 0.2) is 22.7 Å². The Hall–Kier alpha value is -0.880. The van der Waals surface area contributed by atoms with Crippen molar-refractivity contribution in [2.24, 2.45) is 5.92 Å². The monoisotopic (exact) mass is 345 g/mol. The molecule has 1 saturated heterocycles. The van der Waals surface area contributed by atoms with Gasteiger partial charge in [0.1, 0.15) is 5.82 Å². The Bertz CT molecular complexity index is 523. The van der Waals surface area contributed by atoms with Gasteiger partial charge in [0.15, 0.2) is 5.12 Å². The number of amides is 1. The van der Waals surface area contributed by atoms with E-state index in [4.69, 9.17) is 0 Å². The van der Waals surface area contributed by atoms with Crippen molar-refractivity contribution in [1.29, 1.82) is 0 Å². The van der Waals surface area contributed by atoms with Gasteiger partial charge < -0.3 is 4.90 Å². The fourth-order valence-electron chi connectivity index (χ4n) is 2.05. The average Bonchev–Trinajstić information content (AvgIpc) is 2.71. The molecule has 19 heavy (non-hydrogen) atoms. The first kappa shape index (κ1) is 14.5. The second kappa shape index (κ2) is 6.05. The van der Waals surface area contributed by atoms with Gasteiger partial charge in [-0.05, 0) is 24.1 Å². The van der Waals surface area contributed by atoms with Crippen LogP contribution in [0.3, 0.4) is 0 Å². The van der Waals surface area contributed by atoms with Crippen LogP contribution in [0, 0.1) is 11.7 Å². The number of thioether (sulfide) groups is 1. The molecule has 0 N–H and O–H groups in total. The number of carbonyl (C=O) groups is 2. The van der Waals surface area contributed by atoms with Crippen molar-refractivity contribution < 1.29 is 14.0 Å². The molecule has 1 aromatic rings. The lowest BCUT2D eigenvalue weighted by Crippen LogP contribution is -2.25. The Morgan fingerprint density at radius 1 is 1.58 bits per heavy atom. The lowest BCUT2D eigenvalue weighted by Gasteiger charge is -2.17. The average molecular weight is 346 g/mol. The quantitative estimate of drug-likeness (QED) is 0.843. The zero-order chi connectivity index (χ0) is 14.0. The van der Waals surface area contributed by atoms with Crippen LogP contribution in [0.5, 0.6) is 0 Å². The normalized spacial score (nSPS) is 19.0. The van der Waals surface area contributed by atoms with E-state index in [0.717, 1.165) is 4.47 Å². The summed E-state index contributed by atoms with van der Waals surface area (Å²) >= 11 is 4.49. The van der Waals surface area contributed by atoms with Crippen LogP contribution < -0.4 is 4.90 Å². The molecule has 1 aliphatic heterocycles. The van der Waals surface area contributed by atoms with Gasteiger partial charge in [-0.25, -0.2) is 4.39 Å². The summed E-state index contributed by atoms with van der Waals surface area (Å²) in [4.78, 5) is 24.3. The standard InChI is InChI=1S/C13H13BrFNO2S/c1-8(17)19-7-9-4-13(18)16(6-9)12-5-10(14)2-3-11(12)15/h2-3,5,9H,4,6-7H2,1H3. The van der Waals surface area contributed by atoms with Crippen molar-refractivity contribution in [2.45, 2.75) is 13.3 Å². The van der Waals surface area contributed by atoms with E-state index in [1.807, 2.05) is 0 Å². The fourth-order valence-corrected chi connectivity index (χ4v) is 3.10. The van der Waals surface area contributed by atoms with Gasteiger partial charge in [-0.1, -0.05) is 27.7 Å². The summed E-state index contributed by atoms with van der Waals surface area (Å²) < 4.78 is 14.5. The third-order valence-corrected chi connectivity index (χ3v) is 4.46. The summed E-state index contributed by atoms with van der Waals surface area (Å²) in [6.45, 7) is 1.97. The van der Waals surface area contributed by atoms with Gasteiger partial charge in [-0.2, -0.15) is 0 Å². The summed E-state index contributed by atoms with van der Waals surface area (Å²) in [6.07, 6.45) is 0.367. The minimum Gasteiger partial charge on any atom is -0.309 e. The predicted molar refractivity (Wildman–Crippen MR) is 77.7 cm³/mol. The molecule has 2 rings (SSSR count). The molecule has 0 saturated carbocycles. The Kier molecular flexibility index (Phi) is 4.62. The van der Waals surface area contributed by atoms with E-state index in [1.54, 1.807) is 12.1 Å². The molecule has 102 valence electrons. The minimum absolute atomic E-state index is 0.0412. The first-order valence-corrected chi connectivity index (χ1v) is 7.64. The highest BCUT2D eigenvalue weighted by atomic mass is 79.9. The zero-order valence-electron chi connectivity index (χ0n) is 10.4. The lowest BCUT2D eigenvalue weighted by molar-refractivity contribution is -0.117. The summed E-state index contributed by atoms with van der Waals surface area (Å²) in [7, 11) is 0. The molecule has 0 aliphatic carbocycles. The number of hydrogen-bond donors (Lipinski definition) is 0. The summed E-state index contributed by atoms with van der Waals surface area (Å²) in [6, 6.07) is 4.54.